The van der Waals surface area contributed by atoms with E-state index in [1.165, 1.54) is 12.1 Å². The van der Waals surface area contributed by atoms with E-state index in [2.05, 4.69) is 37.2 Å². The average molecular weight is 439 g/mol. The fraction of sp³-hybridized carbons (Fsp3) is 0.0714. The van der Waals surface area contributed by atoms with Crippen molar-refractivity contribution >= 4 is 54.8 Å². The lowest BCUT2D eigenvalue weighted by Crippen LogP contribution is -2.16. The van der Waals surface area contributed by atoms with Gasteiger partial charge in [0.15, 0.2) is 5.82 Å². The summed E-state index contributed by atoms with van der Waals surface area (Å²) in [5.41, 5.74) is 0.764. The monoisotopic (exact) mass is 437 g/mol. The second-order valence-electron chi connectivity index (χ2n) is 4.15. The lowest BCUT2D eigenvalue weighted by Gasteiger charge is -2.16. The van der Waals surface area contributed by atoms with Crippen LogP contribution in [0.15, 0.2) is 40.9 Å². The Kier molecular flexibility index (Phi) is 5.40. The molecule has 0 amide bonds. The summed E-state index contributed by atoms with van der Waals surface area (Å²) < 4.78 is 39.9. The van der Waals surface area contributed by atoms with Crippen LogP contribution in [-0.4, -0.2) is 4.99 Å². The largest absolute Gasteiger partial charge is 0.345 e. The second-order valence-corrected chi connectivity index (χ2v) is 6.36. The number of halogens is 5. The molecule has 0 aromatic heterocycles. The average Bonchev–Trinajstić information content (AvgIpc) is 2.42. The number of benzene rings is 2. The summed E-state index contributed by atoms with van der Waals surface area (Å²) in [5, 5.41) is 2.72. The van der Waals surface area contributed by atoms with Gasteiger partial charge in [0.05, 0.1) is 15.5 Å². The van der Waals surface area contributed by atoms with E-state index in [9.17, 15) is 13.2 Å². The molecule has 0 aliphatic rings. The van der Waals surface area contributed by atoms with E-state index in [0.29, 0.717) is 5.56 Å². The smallest absolute Gasteiger partial charge is 0.150 e. The van der Waals surface area contributed by atoms with E-state index in [-0.39, 0.29) is 21.0 Å². The van der Waals surface area contributed by atoms with Crippen molar-refractivity contribution in [2.24, 2.45) is 0 Å². The maximum absolute atomic E-state index is 13.7. The van der Waals surface area contributed by atoms with Crippen molar-refractivity contribution in [2.45, 2.75) is 4.83 Å². The Morgan fingerprint density at radius 2 is 1.67 bits per heavy atom. The molecular formula is C14H8Br2F3NS. The lowest BCUT2D eigenvalue weighted by molar-refractivity contribution is 0.585. The number of hydrogen-bond donors (Lipinski definition) is 1. The predicted octanol–water partition coefficient (Wildman–Crippen LogP) is 5.74. The zero-order valence-corrected chi connectivity index (χ0v) is 14.3. The molecule has 1 N–H and O–H groups in total. The van der Waals surface area contributed by atoms with E-state index in [0.717, 1.165) is 12.1 Å². The molecule has 2 rings (SSSR count). The third-order valence-electron chi connectivity index (χ3n) is 2.65. The first-order chi connectivity index (χ1) is 9.88. The molecule has 1 atom stereocenters. The number of alkyl halides is 1. The van der Waals surface area contributed by atoms with Gasteiger partial charge in [-0.25, -0.2) is 13.2 Å². The standard InChI is InChI=1S/C14H8Br2F3NS/c15-10-5-9(18)6-11(19)13(10)20-14(21)12(16)7-1-3-8(17)4-2-7/h1-6,12H,(H,20,21). The first-order valence-corrected chi connectivity index (χ1v) is 7.85. The number of hydrogen-bond acceptors (Lipinski definition) is 1. The minimum Gasteiger partial charge on any atom is -0.345 e. The van der Waals surface area contributed by atoms with Crippen LogP contribution in [0.1, 0.15) is 10.4 Å². The van der Waals surface area contributed by atoms with Gasteiger partial charge >= 0.3 is 0 Å². The molecule has 0 aliphatic heterocycles. The van der Waals surface area contributed by atoms with Gasteiger partial charge in [0.25, 0.3) is 0 Å². The molecule has 0 bridgehead atoms. The quantitative estimate of drug-likeness (QED) is 0.484. The molecule has 0 saturated heterocycles. The molecule has 2 aromatic rings. The molecule has 0 fully saturated rings. The minimum absolute atomic E-state index is 0.0490. The van der Waals surface area contributed by atoms with Crippen LogP contribution in [-0.2, 0) is 0 Å². The van der Waals surface area contributed by atoms with Crippen molar-refractivity contribution in [1.82, 2.24) is 0 Å². The van der Waals surface area contributed by atoms with E-state index in [1.807, 2.05) is 0 Å². The van der Waals surface area contributed by atoms with Gasteiger partial charge in [0.1, 0.15) is 11.6 Å². The van der Waals surface area contributed by atoms with Gasteiger partial charge in [-0.15, -0.1) is 0 Å². The lowest BCUT2D eigenvalue weighted by atomic mass is 10.1. The second kappa shape index (κ2) is 6.89. The van der Waals surface area contributed by atoms with Crippen LogP contribution in [0.4, 0.5) is 18.9 Å². The maximum Gasteiger partial charge on any atom is 0.150 e. The van der Waals surface area contributed by atoms with Crippen LogP contribution in [0.25, 0.3) is 0 Å². The summed E-state index contributed by atoms with van der Waals surface area (Å²) in [6.07, 6.45) is 0. The maximum atomic E-state index is 13.7. The third-order valence-corrected chi connectivity index (χ3v) is 4.90. The minimum atomic E-state index is -0.761. The molecule has 1 nitrogen and oxygen atoms in total. The van der Waals surface area contributed by atoms with Crippen molar-refractivity contribution in [2.75, 3.05) is 5.32 Å². The number of rotatable bonds is 3. The molecule has 0 saturated carbocycles. The number of anilines is 1. The highest BCUT2D eigenvalue weighted by atomic mass is 79.9. The van der Waals surface area contributed by atoms with Gasteiger partial charge in [0, 0.05) is 10.5 Å². The van der Waals surface area contributed by atoms with Crippen molar-refractivity contribution in [1.29, 1.82) is 0 Å². The molecule has 0 heterocycles. The summed E-state index contributed by atoms with van der Waals surface area (Å²) >= 11 is 11.6. The molecule has 1 unspecified atom stereocenters. The van der Waals surface area contributed by atoms with Crippen LogP contribution < -0.4 is 5.32 Å². The van der Waals surface area contributed by atoms with Crippen LogP contribution in [0, 0.1) is 17.5 Å². The number of nitrogens with one attached hydrogen (secondary N) is 1. The number of thiocarbonyl (C=S) groups is 1. The Hall–Kier alpha value is -0.920. The SMILES string of the molecule is Fc1ccc(C(Br)C(=S)Nc2c(F)cc(F)cc2Br)cc1. The molecule has 0 spiro atoms. The van der Waals surface area contributed by atoms with Crippen LogP contribution in [0.3, 0.4) is 0 Å². The van der Waals surface area contributed by atoms with Gasteiger partial charge in [-0.05, 0) is 39.7 Å². The molecule has 0 aliphatic carbocycles. The first-order valence-electron chi connectivity index (χ1n) is 5.73. The third kappa shape index (κ3) is 4.05. The first kappa shape index (κ1) is 16.5. The van der Waals surface area contributed by atoms with Gasteiger partial charge in [0.2, 0.25) is 0 Å². The fourth-order valence-corrected chi connectivity index (χ4v) is 2.80. The highest BCUT2D eigenvalue weighted by Crippen LogP contribution is 2.30. The summed E-state index contributed by atoms with van der Waals surface area (Å²) in [4.78, 5) is -0.155. The van der Waals surface area contributed by atoms with Crippen molar-refractivity contribution in [3.05, 3.63) is 63.9 Å². The molecule has 7 heteroatoms. The molecule has 0 radical (unpaired) electrons. The van der Waals surface area contributed by atoms with Gasteiger partial charge in [-0.3, -0.25) is 0 Å². The van der Waals surface area contributed by atoms with Gasteiger partial charge in [-0.2, -0.15) is 0 Å². The highest BCUT2D eigenvalue weighted by Gasteiger charge is 2.17. The summed E-state index contributed by atoms with van der Waals surface area (Å²) in [6, 6.07) is 7.64. The van der Waals surface area contributed by atoms with E-state index < -0.39 is 16.5 Å². The van der Waals surface area contributed by atoms with Crippen molar-refractivity contribution in [3.8, 4) is 0 Å². The fourth-order valence-electron chi connectivity index (χ4n) is 1.63. The Balaban J connectivity index is 2.20. The predicted molar refractivity (Wildman–Crippen MR) is 88.3 cm³/mol. The summed E-state index contributed by atoms with van der Waals surface area (Å²) in [7, 11) is 0. The summed E-state index contributed by atoms with van der Waals surface area (Å²) in [6.45, 7) is 0. The Labute approximate surface area is 141 Å². The van der Waals surface area contributed by atoms with Crippen molar-refractivity contribution < 1.29 is 13.2 Å². The Bertz CT molecular complexity index is 653. The summed E-state index contributed by atoms with van der Waals surface area (Å²) in [5.74, 6) is -1.81. The van der Waals surface area contributed by atoms with E-state index in [4.69, 9.17) is 12.2 Å². The Morgan fingerprint density at radius 1 is 1.05 bits per heavy atom. The van der Waals surface area contributed by atoms with E-state index in [1.54, 1.807) is 12.1 Å². The normalized spacial score (nSPS) is 12.0. The van der Waals surface area contributed by atoms with Crippen LogP contribution >= 0.6 is 44.1 Å². The van der Waals surface area contributed by atoms with Gasteiger partial charge in [-0.1, -0.05) is 40.3 Å². The molecular weight excluding hydrogens is 431 g/mol. The molecule has 2 aromatic carbocycles. The Morgan fingerprint density at radius 3 is 2.24 bits per heavy atom. The van der Waals surface area contributed by atoms with Crippen molar-refractivity contribution in [3.63, 3.8) is 0 Å². The molecule has 21 heavy (non-hydrogen) atoms. The van der Waals surface area contributed by atoms with Crippen LogP contribution in [0.2, 0.25) is 0 Å². The zero-order chi connectivity index (χ0) is 15.6. The zero-order valence-electron chi connectivity index (χ0n) is 10.3. The molecule has 110 valence electrons. The highest BCUT2D eigenvalue weighted by molar-refractivity contribution is 9.10. The van der Waals surface area contributed by atoms with E-state index >= 15 is 0 Å². The topological polar surface area (TPSA) is 12.0 Å². The van der Waals surface area contributed by atoms with Crippen LogP contribution in [0.5, 0.6) is 0 Å². The van der Waals surface area contributed by atoms with Gasteiger partial charge < -0.3 is 5.32 Å².